The van der Waals surface area contributed by atoms with Gasteiger partial charge in [0.15, 0.2) is 0 Å². The van der Waals surface area contributed by atoms with E-state index in [1.165, 1.54) is 58.3 Å². The van der Waals surface area contributed by atoms with E-state index in [9.17, 15) is 0 Å². The zero-order valence-corrected chi connectivity index (χ0v) is 14.1. The van der Waals surface area contributed by atoms with Crippen LogP contribution in [0.25, 0.3) is 0 Å². The zero-order valence-electron chi connectivity index (χ0n) is 14.1. The first-order chi connectivity index (χ1) is 9.44. The third-order valence-electron chi connectivity index (χ3n) is 5.78. The van der Waals surface area contributed by atoms with Gasteiger partial charge in [-0.3, -0.25) is 4.90 Å². The van der Waals surface area contributed by atoms with Crippen molar-refractivity contribution in [1.82, 2.24) is 9.80 Å². The molecule has 1 aliphatic heterocycles. The number of nitrogens with two attached hydrogens (primary N) is 1. The van der Waals surface area contributed by atoms with Gasteiger partial charge < -0.3 is 10.6 Å². The Hall–Kier alpha value is -0.120. The van der Waals surface area contributed by atoms with Gasteiger partial charge in [0.1, 0.15) is 0 Å². The van der Waals surface area contributed by atoms with E-state index in [1.807, 2.05) is 0 Å². The highest BCUT2D eigenvalue weighted by atomic mass is 15.2. The van der Waals surface area contributed by atoms with Gasteiger partial charge in [0.2, 0.25) is 0 Å². The van der Waals surface area contributed by atoms with Gasteiger partial charge in [0, 0.05) is 25.2 Å². The van der Waals surface area contributed by atoms with Crippen LogP contribution in [0.5, 0.6) is 0 Å². The summed E-state index contributed by atoms with van der Waals surface area (Å²) in [6.45, 7) is 11.9. The average Bonchev–Trinajstić information content (AvgIpc) is 2.82. The third kappa shape index (κ3) is 3.75. The molecule has 3 nitrogen and oxygen atoms in total. The lowest BCUT2D eigenvalue weighted by Crippen LogP contribution is -2.50. The van der Waals surface area contributed by atoms with E-state index in [0.717, 1.165) is 6.04 Å². The maximum atomic E-state index is 6.53. The summed E-state index contributed by atoms with van der Waals surface area (Å²) in [6, 6.07) is 1.14. The van der Waals surface area contributed by atoms with Gasteiger partial charge in [-0.1, -0.05) is 27.2 Å². The normalized spacial score (nSPS) is 34.8. The molecule has 2 fully saturated rings. The fraction of sp³-hybridized carbons (Fsp3) is 1.00. The third-order valence-corrected chi connectivity index (χ3v) is 5.78. The average molecular weight is 281 g/mol. The first-order valence-electron chi connectivity index (χ1n) is 8.62. The topological polar surface area (TPSA) is 32.5 Å². The highest BCUT2D eigenvalue weighted by Gasteiger charge is 2.37. The monoisotopic (exact) mass is 281 g/mol. The zero-order chi connectivity index (χ0) is 14.8. The lowest BCUT2D eigenvalue weighted by atomic mass is 9.68. The highest BCUT2D eigenvalue weighted by Crippen LogP contribution is 2.38. The molecular formula is C17H35N3. The predicted molar refractivity (Wildman–Crippen MR) is 86.9 cm³/mol. The molecule has 0 radical (unpaired) electrons. The Bertz CT molecular complexity index is 303. The van der Waals surface area contributed by atoms with Crippen LogP contribution in [0, 0.1) is 11.3 Å². The van der Waals surface area contributed by atoms with E-state index in [2.05, 4.69) is 37.6 Å². The molecule has 3 unspecified atom stereocenters. The van der Waals surface area contributed by atoms with Gasteiger partial charge in [-0.15, -0.1) is 0 Å². The molecule has 1 aliphatic carbocycles. The molecule has 2 rings (SSSR count). The van der Waals surface area contributed by atoms with E-state index >= 15 is 0 Å². The molecule has 20 heavy (non-hydrogen) atoms. The number of likely N-dealkylation sites (tertiary alicyclic amines) is 1. The minimum Gasteiger partial charge on any atom is -0.327 e. The number of hydrogen-bond acceptors (Lipinski definition) is 3. The second-order valence-corrected chi connectivity index (χ2v) is 7.81. The van der Waals surface area contributed by atoms with Crippen LogP contribution in [-0.4, -0.2) is 55.1 Å². The molecule has 0 spiro atoms. The van der Waals surface area contributed by atoms with Gasteiger partial charge in [-0.2, -0.15) is 0 Å². The van der Waals surface area contributed by atoms with Gasteiger partial charge in [-0.05, 0) is 57.2 Å². The van der Waals surface area contributed by atoms with Gasteiger partial charge in [0.25, 0.3) is 0 Å². The molecule has 0 aromatic rings. The fourth-order valence-corrected chi connectivity index (χ4v) is 4.36. The SMILES string of the molecule is CCN1CCCC1CN(C)CC1CCCC(C)(C)C1N. The Morgan fingerprint density at radius 1 is 1.20 bits per heavy atom. The van der Waals surface area contributed by atoms with Crippen LogP contribution in [0.15, 0.2) is 0 Å². The summed E-state index contributed by atoms with van der Waals surface area (Å²) in [6.07, 6.45) is 6.71. The quantitative estimate of drug-likeness (QED) is 0.840. The summed E-state index contributed by atoms with van der Waals surface area (Å²) in [7, 11) is 2.29. The molecule has 0 aromatic carbocycles. The van der Waals surface area contributed by atoms with Crippen molar-refractivity contribution in [2.75, 3.05) is 33.2 Å². The minimum absolute atomic E-state index is 0.326. The van der Waals surface area contributed by atoms with Crippen LogP contribution in [0.1, 0.15) is 52.9 Å². The van der Waals surface area contributed by atoms with Gasteiger partial charge in [0.05, 0.1) is 0 Å². The molecule has 2 N–H and O–H groups in total. The fourth-order valence-electron chi connectivity index (χ4n) is 4.36. The Morgan fingerprint density at radius 3 is 2.65 bits per heavy atom. The molecule has 118 valence electrons. The van der Waals surface area contributed by atoms with Crippen LogP contribution in [0.2, 0.25) is 0 Å². The van der Waals surface area contributed by atoms with Crippen LogP contribution in [0.4, 0.5) is 0 Å². The Balaban J connectivity index is 1.83. The summed E-state index contributed by atoms with van der Waals surface area (Å²) in [4.78, 5) is 5.19. The predicted octanol–water partition coefficient (Wildman–Crippen LogP) is 2.56. The molecular weight excluding hydrogens is 246 g/mol. The first-order valence-corrected chi connectivity index (χ1v) is 8.62. The van der Waals surface area contributed by atoms with E-state index in [4.69, 9.17) is 5.73 Å². The molecule has 1 heterocycles. The number of hydrogen-bond donors (Lipinski definition) is 1. The summed E-state index contributed by atoms with van der Waals surface area (Å²) >= 11 is 0. The van der Waals surface area contributed by atoms with Crippen molar-refractivity contribution in [3.63, 3.8) is 0 Å². The minimum atomic E-state index is 0.326. The first kappa shape index (κ1) is 16.3. The number of nitrogens with zero attached hydrogens (tertiary/aromatic N) is 2. The Kier molecular flexibility index (Phi) is 5.49. The lowest BCUT2D eigenvalue weighted by Gasteiger charge is -2.43. The Morgan fingerprint density at radius 2 is 1.95 bits per heavy atom. The standard InChI is InChI=1S/C17H35N3/c1-5-20-11-7-9-15(20)13-19(4)12-14-8-6-10-17(2,3)16(14)18/h14-16H,5-13,18H2,1-4H3. The highest BCUT2D eigenvalue weighted by molar-refractivity contribution is 4.92. The van der Waals surface area contributed by atoms with Gasteiger partial charge >= 0.3 is 0 Å². The summed E-state index contributed by atoms with van der Waals surface area (Å²) in [5, 5.41) is 0. The van der Waals surface area contributed by atoms with Crippen molar-refractivity contribution in [2.24, 2.45) is 17.1 Å². The van der Waals surface area contributed by atoms with Crippen molar-refractivity contribution in [1.29, 1.82) is 0 Å². The Labute approximate surface area is 125 Å². The largest absolute Gasteiger partial charge is 0.327 e. The maximum absolute atomic E-state index is 6.53. The van der Waals surface area contributed by atoms with Crippen LogP contribution in [0.3, 0.4) is 0 Å². The maximum Gasteiger partial charge on any atom is 0.0223 e. The van der Waals surface area contributed by atoms with Crippen molar-refractivity contribution in [3.05, 3.63) is 0 Å². The lowest BCUT2D eigenvalue weighted by molar-refractivity contribution is 0.100. The van der Waals surface area contributed by atoms with E-state index in [-0.39, 0.29) is 0 Å². The molecule has 1 saturated carbocycles. The molecule has 3 atom stereocenters. The molecule has 2 aliphatic rings. The number of likely N-dealkylation sites (N-methyl/N-ethyl adjacent to an activating group) is 2. The molecule has 0 amide bonds. The van der Waals surface area contributed by atoms with E-state index in [0.29, 0.717) is 17.4 Å². The van der Waals surface area contributed by atoms with Crippen molar-refractivity contribution in [3.8, 4) is 0 Å². The summed E-state index contributed by atoms with van der Waals surface area (Å²) in [5.41, 5.74) is 6.86. The van der Waals surface area contributed by atoms with Crippen molar-refractivity contribution < 1.29 is 0 Å². The van der Waals surface area contributed by atoms with Crippen molar-refractivity contribution in [2.45, 2.75) is 65.0 Å². The second kappa shape index (κ2) is 6.76. The van der Waals surface area contributed by atoms with Gasteiger partial charge in [-0.25, -0.2) is 0 Å². The van der Waals surface area contributed by atoms with Crippen molar-refractivity contribution >= 4 is 0 Å². The van der Waals surface area contributed by atoms with E-state index in [1.54, 1.807) is 0 Å². The molecule has 0 aromatic heterocycles. The molecule has 0 bridgehead atoms. The smallest absolute Gasteiger partial charge is 0.0223 e. The van der Waals surface area contributed by atoms with Crippen LogP contribution in [-0.2, 0) is 0 Å². The second-order valence-electron chi connectivity index (χ2n) is 7.81. The van der Waals surface area contributed by atoms with Crippen LogP contribution >= 0.6 is 0 Å². The molecule has 1 saturated heterocycles. The van der Waals surface area contributed by atoms with E-state index < -0.39 is 0 Å². The van der Waals surface area contributed by atoms with Crippen LogP contribution < -0.4 is 5.73 Å². The number of rotatable bonds is 5. The molecule has 3 heteroatoms. The summed E-state index contributed by atoms with van der Waals surface area (Å²) < 4.78 is 0. The summed E-state index contributed by atoms with van der Waals surface area (Å²) in [5.74, 6) is 0.681.